The smallest absolute Gasteiger partial charge is 0.237 e. The van der Waals surface area contributed by atoms with Crippen molar-refractivity contribution >= 4 is 15.9 Å². The van der Waals surface area contributed by atoms with Gasteiger partial charge < -0.3 is 10.6 Å². The standard InChI is InChI=1S/C12H25N3O3S/c1-4-19(17,18)14(3)9-12(16)15-7-5-6-11(8-15)10(2)13/h10-11H,4-9,13H2,1-3H3. The van der Waals surface area contributed by atoms with Gasteiger partial charge in [-0.15, -0.1) is 0 Å². The van der Waals surface area contributed by atoms with E-state index in [9.17, 15) is 13.2 Å². The van der Waals surface area contributed by atoms with Gasteiger partial charge in [0.25, 0.3) is 0 Å². The maximum Gasteiger partial charge on any atom is 0.237 e. The van der Waals surface area contributed by atoms with Crippen molar-refractivity contribution in [3.05, 3.63) is 0 Å². The molecule has 1 saturated heterocycles. The van der Waals surface area contributed by atoms with Crippen LogP contribution >= 0.6 is 0 Å². The van der Waals surface area contributed by atoms with Gasteiger partial charge in [0.15, 0.2) is 0 Å². The van der Waals surface area contributed by atoms with Gasteiger partial charge >= 0.3 is 0 Å². The molecular weight excluding hydrogens is 266 g/mol. The molecule has 0 radical (unpaired) electrons. The number of hydrogen-bond donors (Lipinski definition) is 1. The number of nitrogens with two attached hydrogens (primary N) is 1. The number of carbonyl (C=O) groups is 1. The molecule has 2 N–H and O–H groups in total. The van der Waals surface area contributed by atoms with Crippen molar-refractivity contribution in [2.45, 2.75) is 32.7 Å². The zero-order chi connectivity index (χ0) is 14.6. The van der Waals surface area contributed by atoms with Crippen molar-refractivity contribution < 1.29 is 13.2 Å². The molecule has 1 amide bonds. The van der Waals surface area contributed by atoms with Crippen LogP contribution in [0.5, 0.6) is 0 Å². The molecule has 1 rings (SSSR count). The highest BCUT2D eigenvalue weighted by atomic mass is 32.2. The van der Waals surface area contributed by atoms with Crippen molar-refractivity contribution in [1.82, 2.24) is 9.21 Å². The van der Waals surface area contributed by atoms with Crippen LogP contribution in [0.4, 0.5) is 0 Å². The molecule has 0 aliphatic carbocycles. The molecule has 0 saturated carbocycles. The summed E-state index contributed by atoms with van der Waals surface area (Å²) < 4.78 is 24.4. The summed E-state index contributed by atoms with van der Waals surface area (Å²) in [6, 6.07) is 0.0627. The van der Waals surface area contributed by atoms with Gasteiger partial charge in [-0.1, -0.05) is 0 Å². The van der Waals surface area contributed by atoms with E-state index in [2.05, 4.69) is 0 Å². The fraction of sp³-hybridized carbons (Fsp3) is 0.917. The Hall–Kier alpha value is -0.660. The van der Waals surface area contributed by atoms with Crippen LogP contribution in [-0.4, -0.2) is 62.0 Å². The Balaban J connectivity index is 2.58. The van der Waals surface area contributed by atoms with Crippen molar-refractivity contribution in [3.63, 3.8) is 0 Å². The molecule has 0 aromatic heterocycles. The maximum absolute atomic E-state index is 12.1. The Labute approximate surface area is 116 Å². The summed E-state index contributed by atoms with van der Waals surface area (Å²) in [7, 11) is -1.85. The highest BCUT2D eigenvalue weighted by Crippen LogP contribution is 2.19. The molecule has 2 atom stereocenters. The van der Waals surface area contributed by atoms with Crippen molar-refractivity contribution in [3.8, 4) is 0 Å². The van der Waals surface area contributed by atoms with E-state index < -0.39 is 10.0 Å². The largest absolute Gasteiger partial charge is 0.341 e. The first kappa shape index (κ1) is 16.4. The fourth-order valence-electron chi connectivity index (χ4n) is 2.27. The molecule has 1 heterocycles. The number of likely N-dealkylation sites (N-methyl/N-ethyl adjacent to an activating group) is 1. The monoisotopic (exact) mass is 291 g/mol. The Morgan fingerprint density at radius 3 is 2.68 bits per heavy atom. The number of nitrogens with zero attached hydrogens (tertiary/aromatic N) is 2. The lowest BCUT2D eigenvalue weighted by Crippen LogP contribution is -2.48. The molecule has 6 nitrogen and oxygen atoms in total. The summed E-state index contributed by atoms with van der Waals surface area (Å²) >= 11 is 0. The lowest BCUT2D eigenvalue weighted by molar-refractivity contribution is -0.133. The van der Waals surface area contributed by atoms with Crippen LogP contribution in [0.25, 0.3) is 0 Å². The second kappa shape index (κ2) is 6.67. The van der Waals surface area contributed by atoms with Crippen LogP contribution < -0.4 is 5.73 Å². The Morgan fingerprint density at radius 1 is 1.53 bits per heavy atom. The maximum atomic E-state index is 12.1. The van der Waals surface area contributed by atoms with Crippen LogP contribution in [-0.2, 0) is 14.8 Å². The predicted molar refractivity (Wildman–Crippen MR) is 75.0 cm³/mol. The van der Waals surface area contributed by atoms with E-state index in [1.807, 2.05) is 6.92 Å². The molecule has 0 aromatic rings. The third-order valence-corrected chi connectivity index (χ3v) is 5.56. The number of rotatable bonds is 5. The summed E-state index contributed by atoms with van der Waals surface area (Å²) in [6.45, 7) is 4.77. The molecule has 112 valence electrons. The van der Waals surface area contributed by atoms with Crippen LogP contribution in [0.15, 0.2) is 0 Å². The first-order valence-corrected chi connectivity index (χ1v) is 8.36. The van der Waals surface area contributed by atoms with Crippen LogP contribution in [0.3, 0.4) is 0 Å². The quantitative estimate of drug-likeness (QED) is 0.764. The fourth-order valence-corrected chi connectivity index (χ4v) is 3.02. The van der Waals surface area contributed by atoms with Gasteiger partial charge in [-0.2, -0.15) is 4.31 Å². The normalized spacial score (nSPS) is 22.6. The minimum absolute atomic E-state index is 0.0131. The molecule has 2 unspecified atom stereocenters. The third kappa shape index (κ3) is 4.43. The average Bonchev–Trinajstić information content (AvgIpc) is 2.38. The van der Waals surface area contributed by atoms with Crippen LogP contribution in [0.2, 0.25) is 0 Å². The molecule has 19 heavy (non-hydrogen) atoms. The molecule has 0 aromatic carbocycles. The van der Waals surface area contributed by atoms with Gasteiger partial charge in [0, 0.05) is 26.2 Å². The summed E-state index contributed by atoms with van der Waals surface area (Å²) in [5.41, 5.74) is 5.88. The lowest BCUT2D eigenvalue weighted by Gasteiger charge is -2.35. The Bertz CT molecular complexity index is 408. The average molecular weight is 291 g/mol. The molecular formula is C12H25N3O3S. The summed E-state index contributed by atoms with van der Waals surface area (Å²) in [5.74, 6) is 0.190. The van der Waals surface area contributed by atoms with Gasteiger partial charge in [-0.05, 0) is 32.6 Å². The summed E-state index contributed by atoms with van der Waals surface area (Å²) in [5, 5.41) is 0. The predicted octanol–water partition coefficient (Wildman–Crippen LogP) is -0.146. The first-order valence-electron chi connectivity index (χ1n) is 6.75. The highest BCUT2D eigenvalue weighted by Gasteiger charge is 2.27. The molecule has 1 aliphatic heterocycles. The van der Waals surface area contributed by atoms with E-state index in [-0.39, 0.29) is 24.2 Å². The number of hydrogen-bond acceptors (Lipinski definition) is 4. The van der Waals surface area contributed by atoms with E-state index in [1.54, 1.807) is 11.8 Å². The number of sulfonamides is 1. The number of carbonyl (C=O) groups excluding carboxylic acids is 1. The second-order valence-electron chi connectivity index (χ2n) is 5.26. The number of amides is 1. The SMILES string of the molecule is CCS(=O)(=O)N(C)CC(=O)N1CCCC(C(C)N)C1. The van der Waals surface area contributed by atoms with E-state index in [1.165, 1.54) is 7.05 Å². The van der Waals surface area contributed by atoms with Crippen molar-refractivity contribution in [2.24, 2.45) is 11.7 Å². The van der Waals surface area contributed by atoms with E-state index in [0.29, 0.717) is 19.0 Å². The lowest BCUT2D eigenvalue weighted by atomic mass is 9.92. The molecule has 7 heteroatoms. The van der Waals surface area contributed by atoms with Crippen LogP contribution in [0, 0.1) is 5.92 Å². The van der Waals surface area contributed by atoms with Crippen molar-refractivity contribution in [2.75, 3.05) is 32.4 Å². The van der Waals surface area contributed by atoms with E-state index in [4.69, 9.17) is 5.73 Å². The van der Waals surface area contributed by atoms with E-state index >= 15 is 0 Å². The molecule has 1 aliphatic rings. The third-order valence-electron chi connectivity index (χ3n) is 3.75. The summed E-state index contributed by atoms with van der Waals surface area (Å²) in [4.78, 5) is 13.9. The summed E-state index contributed by atoms with van der Waals surface area (Å²) in [6.07, 6.45) is 1.97. The zero-order valence-corrected chi connectivity index (χ0v) is 12.8. The van der Waals surface area contributed by atoms with Gasteiger partial charge in [0.1, 0.15) is 0 Å². The minimum atomic E-state index is -3.30. The minimum Gasteiger partial charge on any atom is -0.341 e. The van der Waals surface area contributed by atoms with Gasteiger partial charge in [-0.25, -0.2) is 8.42 Å². The topological polar surface area (TPSA) is 83.7 Å². The van der Waals surface area contributed by atoms with Gasteiger partial charge in [0.05, 0.1) is 12.3 Å². The zero-order valence-electron chi connectivity index (χ0n) is 12.0. The second-order valence-corrected chi connectivity index (χ2v) is 7.62. The Morgan fingerprint density at radius 2 is 2.16 bits per heavy atom. The molecule has 1 fully saturated rings. The Kier molecular flexibility index (Phi) is 5.76. The van der Waals surface area contributed by atoms with Crippen LogP contribution in [0.1, 0.15) is 26.7 Å². The van der Waals surface area contributed by atoms with Crippen molar-refractivity contribution in [1.29, 1.82) is 0 Å². The number of piperidine rings is 1. The van der Waals surface area contributed by atoms with Gasteiger partial charge in [-0.3, -0.25) is 4.79 Å². The van der Waals surface area contributed by atoms with E-state index in [0.717, 1.165) is 17.1 Å². The molecule has 0 spiro atoms. The molecule has 0 bridgehead atoms. The number of likely N-dealkylation sites (tertiary alicyclic amines) is 1. The first-order chi connectivity index (χ1) is 8.77. The highest BCUT2D eigenvalue weighted by molar-refractivity contribution is 7.89. The van der Waals surface area contributed by atoms with Gasteiger partial charge in [0.2, 0.25) is 15.9 Å².